The molecular weight excluding hydrogens is 500 g/mol. The molecule has 9 unspecified atom stereocenters. The Bertz CT molecular complexity index is 1500. The number of ether oxygens (including phenoxy) is 7. The van der Waals surface area contributed by atoms with E-state index in [4.69, 9.17) is 45.5 Å². The second kappa shape index (κ2) is 11.2. The lowest BCUT2D eigenvalue weighted by atomic mass is 9.85. The maximum atomic E-state index is 10.4. The molecule has 3 fully saturated rings. The fourth-order valence-electron chi connectivity index (χ4n) is 4.87. The molecule has 208 valence electrons. The summed E-state index contributed by atoms with van der Waals surface area (Å²) in [5.41, 5.74) is 0.112. The molecule has 0 saturated carbocycles. The van der Waals surface area contributed by atoms with E-state index >= 15 is 0 Å². The monoisotopic (exact) mass is 545 g/mol. The molecule has 11 nitrogen and oxygen atoms in total. The van der Waals surface area contributed by atoms with E-state index in [1.807, 2.05) is 0 Å². The molecule has 2 aromatic rings. The smallest absolute Gasteiger partial charge is 0.229 e. The second-order valence-corrected chi connectivity index (χ2v) is 9.01. The maximum absolute atomic E-state index is 10.4. The number of benzene rings is 2. The second-order valence-electron chi connectivity index (χ2n) is 9.01. The molecule has 9 atom stereocenters. The first-order valence-electron chi connectivity index (χ1n) is 17.2. The van der Waals surface area contributed by atoms with Gasteiger partial charge in [0, 0.05) is 11.8 Å². The van der Waals surface area contributed by atoms with Gasteiger partial charge in [0.1, 0.15) is 24.4 Å². The molecule has 0 aliphatic carbocycles. The molecule has 11 heteroatoms. The van der Waals surface area contributed by atoms with Crippen LogP contribution in [-0.4, -0.2) is 92.1 Å². The first-order valence-corrected chi connectivity index (χ1v) is 11.7. The van der Waals surface area contributed by atoms with Gasteiger partial charge in [-0.15, -0.1) is 0 Å². The van der Waals surface area contributed by atoms with Crippen molar-refractivity contribution < 1.29 is 68.7 Å². The van der Waals surface area contributed by atoms with Gasteiger partial charge in [-0.1, -0.05) is 12.1 Å². The zero-order valence-corrected chi connectivity index (χ0v) is 19.8. The Morgan fingerprint density at radius 1 is 0.789 bits per heavy atom. The fourth-order valence-corrected chi connectivity index (χ4v) is 4.87. The average molecular weight is 546 g/mol. The van der Waals surface area contributed by atoms with Crippen molar-refractivity contribution in [1.82, 2.24) is 0 Å². The van der Waals surface area contributed by atoms with Crippen LogP contribution in [0.25, 0.3) is 0 Å². The van der Waals surface area contributed by atoms with Crippen LogP contribution in [0.5, 0.6) is 23.0 Å². The Morgan fingerprint density at radius 3 is 1.92 bits per heavy atom. The van der Waals surface area contributed by atoms with Gasteiger partial charge in [0.15, 0.2) is 23.0 Å². The Labute approximate surface area is 235 Å². The molecule has 3 aliphatic rings. The molecule has 0 bridgehead atoms. The lowest BCUT2D eigenvalue weighted by Gasteiger charge is -2.39. The van der Waals surface area contributed by atoms with E-state index in [0.717, 1.165) is 18.2 Å². The van der Waals surface area contributed by atoms with Crippen molar-refractivity contribution in [3.63, 3.8) is 0 Å². The lowest BCUT2D eigenvalue weighted by Crippen LogP contribution is -2.60. The van der Waals surface area contributed by atoms with Gasteiger partial charge >= 0.3 is 0 Å². The lowest BCUT2D eigenvalue weighted by molar-refractivity contribution is -0.277. The maximum Gasteiger partial charge on any atom is 0.229 e. The van der Waals surface area contributed by atoms with Gasteiger partial charge in [0.05, 0.1) is 68.2 Å². The highest BCUT2D eigenvalue weighted by Gasteiger charge is 2.49. The Hall–Kier alpha value is -2.64. The van der Waals surface area contributed by atoms with Crippen LogP contribution in [0.1, 0.15) is 38.4 Å². The average Bonchev–Trinajstić information content (AvgIpc) is 3.51. The van der Waals surface area contributed by atoms with Gasteiger partial charge < -0.3 is 53.6 Å². The number of aliphatic hydroxyl groups excluding tert-OH is 4. The van der Waals surface area contributed by atoms with Gasteiger partial charge in [-0.2, -0.15) is 0 Å². The van der Waals surface area contributed by atoms with E-state index in [-0.39, 0.29) is 30.1 Å². The molecule has 0 spiro atoms. The van der Waals surface area contributed by atoms with Gasteiger partial charge in [-0.25, -0.2) is 0 Å². The normalized spacial score (nSPS) is 43.7. The predicted octanol–water partition coefficient (Wildman–Crippen LogP) is 0.966. The van der Waals surface area contributed by atoms with Gasteiger partial charge in [0.2, 0.25) is 6.29 Å². The van der Waals surface area contributed by atoms with E-state index in [0.29, 0.717) is 0 Å². The van der Waals surface area contributed by atoms with Gasteiger partial charge in [-0.3, -0.25) is 0 Å². The van der Waals surface area contributed by atoms with E-state index in [1.165, 1.54) is 18.2 Å². The SMILES string of the molecule is [2H]C([2H])([2H])Oc1cc(C2([2H])OCC3C2COC3([2H])c2ccc(OC([2H])([2H])[2H])c(OC([2H])([2H])[2H])c2)ccc1OC1OC(CO)C(O)C(O)C1O. The van der Waals surface area contributed by atoms with Crippen molar-refractivity contribution in [3.05, 3.63) is 47.5 Å². The minimum atomic E-state index is -3.03. The molecule has 0 radical (unpaired) electrons. The van der Waals surface area contributed by atoms with Crippen LogP contribution in [-0.2, 0) is 14.2 Å². The number of aliphatic hydroxyl groups is 4. The largest absolute Gasteiger partial charge is 0.493 e. The number of hydrogen-bond donors (Lipinski definition) is 4. The van der Waals surface area contributed by atoms with Crippen molar-refractivity contribution in [2.45, 2.75) is 42.9 Å². The molecule has 2 aromatic carbocycles. The van der Waals surface area contributed by atoms with Crippen molar-refractivity contribution in [2.24, 2.45) is 11.8 Å². The van der Waals surface area contributed by atoms with Crippen LogP contribution in [0.2, 0.25) is 0 Å². The van der Waals surface area contributed by atoms with Crippen LogP contribution >= 0.6 is 0 Å². The molecule has 4 N–H and O–H groups in total. The third kappa shape index (κ3) is 4.79. The summed E-state index contributed by atoms with van der Waals surface area (Å²) in [6.07, 6.45) is -12.2. The minimum absolute atomic E-state index is 0.0553. The van der Waals surface area contributed by atoms with Crippen LogP contribution in [0.4, 0.5) is 0 Å². The minimum Gasteiger partial charge on any atom is -0.493 e. The third-order valence-corrected chi connectivity index (χ3v) is 6.87. The van der Waals surface area contributed by atoms with Crippen molar-refractivity contribution in [1.29, 1.82) is 0 Å². The van der Waals surface area contributed by atoms with Crippen LogP contribution in [0.15, 0.2) is 36.4 Å². The van der Waals surface area contributed by atoms with E-state index in [1.54, 1.807) is 0 Å². The number of rotatable bonds is 8. The molecule has 0 amide bonds. The number of fused-ring (bicyclic) bond motifs is 1. The predicted molar refractivity (Wildman–Crippen MR) is 131 cm³/mol. The summed E-state index contributed by atoms with van der Waals surface area (Å²) in [5, 5.41) is 40.1. The Balaban J connectivity index is 1.45. The topological polar surface area (TPSA) is 146 Å². The summed E-state index contributed by atoms with van der Waals surface area (Å²) in [4.78, 5) is 0. The van der Waals surface area contributed by atoms with Crippen molar-refractivity contribution >= 4 is 0 Å². The molecule has 3 saturated heterocycles. The summed E-state index contributed by atoms with van der Waals surface area (Å²) < 4.78 is 124. The summed E-state index contributed by atoms with van der Waals surface area (Å²) in [7, 11) is -8.97. The highest BCUT2D eigenvalue weighted by molar-refractivity contribution is 5.45. The zero-order valence-electron chi connectivity index (χ0n) is 30.8. The number of methoxy groups -OCH3 is 3. The Kier molecular flexibility index (Phi) is 4.86. The summed E-state index contributed by atoms with van der Waals surface area (Å²) in [5.74, 6) is -3.38. The van der Waals surface area contributed by atoms with Crippen LogP contribution in [0.3, 0.4) is 0 Å². The molecule has 3 heterocycles. The summed E-state index contributed by atoms with van der Waals surface area (Å²) in [6, 6.07) is 7.24. The first kappa shape index (κ1) is 16.5. The zero-order chi connectivity index (χ0) is 36.3. The van der Waals surface area contributed by atoms with Crippen molar-refractivity contribution in [3.8, 4) is 23.0 Å². The first-order chi connectivity index (χ1) is 22.5. The van der Waals surface area contributed by atoms with Gasteiger partial charge in [0.25, 0.3) is 0 Å². The summed E-state index contributed by atoms with van der Waals surface area (Å²) >= 11 is 0. The van der Waals surface area contributed by atoms with E-state index < -0.39 is 99.7 Å². The van der Waals surface area contributed by atoms with Gasteiger partial charge in [-0.05, 0) is 35.4 Å². The highest BCUT2D eigenvalue weighted by atomic mass is 16.7. The van der Waals surface area contributed by atoms with E-state index in [2.05, 4.69) is 0 Å². The van der Waals surface area contributed by atoms with Crippen LogP contribution < -0.4 is 18.9 Å². The van der Waals surface area contributed by atoms with E-state index in [9.17, 15) is 23.2 Å². The third-order valence-electron chi connectivity index (χ3n) is 6.87. The molecule has 38 heavy (non-hydrogen) atoms. The number of hydrogen-bond acceptors (Lipinski definition) is 11. The molecule has 3 aliphatic heterocycles. The highest BCUT2D eigenvalue weighted by Crippen LogP contribution is 2.51. The van der Waals surface area contributed by atoms with Crippen molar-refractivity contribution in [2.75, 3.05) is 40.9 Å². The standard InChI is InChI=1S/C27H34O11/c1-32-17-6-4-13(8-19(17)33-2)25-15-11-36-26(16(15)12-35-25)14-5-7-18(20(9-14)34-3)37-27-24(31)23(30)22(29)21(10-28)38-27/h4-9,15-16,21-31H,10-12H2,1-3H3/i1D3,2D3,3D3,25D,26D. The molecular formula is C27H34O11. The van der Waals surface area contributed by atoms with Crippen LogP contribution in [0, 0.1) is 11.8 Å². The fraction of sp³-hybridized carbons (Fsp3) is 0.556. The summed E-state index contributed by atoms with van der Waals surface area (Å²) in [6.45, 7) is -1.18. The Morgan fingerprint density at radius 2 is 1.34 bits per heavy atom. The molecule has 5 rings (SSSR count). The molecule has 0 aromatic heterocycles. The quantitative estimate of drug-likeness (QED) is 0.376.